The second-order valence-electron chi connectivity index (χ2n) is 12.2. The number of hydrogen-bond donors (Lipinski definition) is 0. The zero-order chi connectivity index (χ0) is 32.6. The van der Waals surface area contributed by atoms with Crippen molar-refractivity contribution in [3.63, 3.8) is 0 Å². The smallest absolute Gasteiger partial charge is 0.143 e. The zero-order valence-corrected chi connectivity index (χ0v) is 26.6. The molecule has 49 heavy (non-hydrogen) atoms. The second-order valence-corrected chi connectivity index (χ2v) is 12.2. The summed E-state index contributed by atoms with van der Waals surface area (Å²) in [5.41, 5.74) is 14.4. The normalized spacial score (nSPS) is 11.3. The Morgan fingerprint density at radius 2 is 0.816 bits per heavy atom. The van der Waals surface area contributed by atoms with Crippen LogP contribution in [0.25, 0.3) is 89.0 Å². The van der Waals surface area contributed by atoms with Gasteiger partial charge < -0.3 is 4.42 Å². The Labute approximate surface area is 284 Å². The molecular formula is C46H30N2O. The minimum absolute atomic E-state index is 0.875. The molecule has 0 radical (unpaired) electrons. The second kappa shape index (κ2) is 12.2. The van der Waals surface area contributed by atoms with Crippen LogP contribution in [0.3, 0.4) is 0 Å². The summed E-state index contributed by atoms with van der Waals surface area (Å²) in [5.74, 6) is 0. The van der Waals surface area contributed by atoms with Crippen LogP contribution in [0.2, 0.25) is 0 Å². The third-order valence-electron chi connectivity index (χ3n) is 9.15. The lowest BCUT2D eigenvalue weighted by Gasteiger charge is -2.14. The van der Waals surface area contributed by atoms with E-state index in [1.165, 1.54) is 0 Å². The van der Waals surface area contributed by atoms with Gasteiger partial charge in [-0.25, -0.2) is 4.98 Å². The van der Waals surface area contributed by atoms with E-state index in [1.54, 1.807) is 0 Å². The monoisotopic (exact) mass is 626 g/mol. The van der Waals surface area contributed by atoms with Crippen LogP contribution in [-0.4, -0.2) is 9.97 Å². The van der Waals surface area contributed by atoms with Gasteiger partial charge in [-0.2, -0.15) is 0 Å². The lowest BCUT2D eigenvalue weighted by molar-refractivity contribution is 0.671. The summed E-state index contributed by atoms with van der Waals surface area (Å²) in [5, 5.41) is 2.20. The molecule has 0 unspecified atom stereocenters. The quantitative estimate of drug-likeness (QED) is 0.184. The van der Waals surface area contributed by atoms with Crippen molar-refractivity contribution in [1.82, 2.24) is 9.97 Å². The first-order valence-corrected chi connectivity index (χ1v) is 16.5. The molecule has 0 N–H and O–H groups in total. The van der Waals surface area contributed by atoms with Crippen LogP contribution in [0, 0.1) is 0 Å². The van der Waals surface area contributed by atoms with Crippen LogP contribution in [0.15, 0.2) is 187 Å². The topological polar surface area (TPSA) is 38.9 Å². The number of pyridine rings is 2. The first-order valence-electron chi connectivity index (χ1n) is 16.5. The van der Waals surface area contributed by atoms with Crippen LogP contribution in [0.4, 0.5) is 0 Å². The van der Waals surface area contributed by atoms with E-state index < -0.39 is 0 Å². The minimum atomic E-state index is 0.875. The summed E-state index contributed by atoms with van der Waals surface area (Å²) < 4.78 is 6.85. The van der Waals surface area contributed by atoms with Crippen molar-refractivity contribution in [2.75, 3.05) is 0 Å². The average molecular weight is 627 g/mol. The number of benzene rings is 6. The van der Waals surface area contributed by atoms with Gasteiger partial charge in [-0.05, 0) is 64.2 Å². The zero-order valence-electron chi connectivity index (χ0n) is 26.6. The molecule has 9 rings (SSSR count). The van der Waals surface area contributed by atoms with Crippen molar-refractivity contribution in [2.24, 2.45) is 0 Å². The molecule has 0 atom stereocenters. The van der Waals surface area contributed by atoms with Crippen molar-refractivity contribution in [3.05, 3.63) is 182 Å². The molecule has 0 bridgehead atoms. The molecule has 0 amide bonds. The highest BCUT2D eigenvalue weighted by Gasteiger charge is 2.18. The van der Waals surface area contributed by atoms with E-state index in [9.17, 15) is 0 Å². The number of furan rings is 1. The molecule has 3 aromatic heterocycles. The molecule has 3 nitrogen and oxygen atoms in total. The van der Waals surface area contributed by atoms with Gasteiger partial charge in [0.2, 0.25) is 0 Å². The number of hydrogen-bond acceptors (Lipinski definition) is 3. The summed E-state index contributed by atoms with van der Waals surface area (Å²) in [7, 11) is 0. The lowest BCUT2D eigenvalue weighted by Crippen LogP contribution is -1.92. The maximum Gasteiger partial charge on any atom is 0.143 e. The standard InChI is InChI=1S/C46H30N2O/c1-4-13-31(14-5-1)39-20-10-22-41-42-23-11-21-40(46(42)49-45(39)41)38-26-35(34-19-12-24-47-30-34)25-36(27-38)37-28-43(32-15-6-2-7-16-32)48-44(29-37)33-17-8-3-9-18-33/h1-30H. The molecule has 6 aromatic carbocycles. The summed E-state index contributed by atoms with van der Waals surface area (Å²) in [6.07, 6.45) is 3.74. The van der Waals surface area contributed by atoms with Crippen LogP contribution in [0.5, 0.6) is 0 Å². The van der Waals surface area contributed by atoms with E-state index >= 15 is 0 Å². The van der Waals surface area contributed by atoms with E-state index in [0.717, 1.165) is 89.0 Å². The van der Waals surface area contributed by atoms with Crippen LogP contribution in [-0.2, 0) is 0 Å². The average Bonchev–Trinajstić information content (AvgIpc) is 3.58. The Balaban J connectivity index is 1.28. The van der Waals surface area contributed by atoms with Gasteiger partial charge in [-0.1, -0.05) is 133 Å². The highest BCUT2D eigenvalue weighted by Crippen LogP contribution is 2.42. The molecule has 0 fully saturated rings. The van der Waals surface area contributed by atoms with Gasteiger partial charge in [0.1, 0.15) is 11.2 Å². The molecule has 0 saturated heterocycles. The Kier molecular flexibility index (Phi) is 7.14. The predicted octanol–water partition coefficient (Wildman–Crippen LogP) is 12.4. The van der Waals surface area contributed by atoms with Gasteiger partial charge in [0, 0.05) is 51.0 Å². The molecule has 9 aromatic rings. The molecule has 3 heterocycles. The van der Waals surface area contributed by atoms with Gasteiger partial charge >= 0.3 is 0 Å². The Hall–Kier alpha value is -6.58. The fraction of sp³-hybridized carbons (Fsp3) is 0. The molecular weight excluding hydrogens is 597 g/mol. The maximum absolute atomic E-state index is 6.85. The van der Waals surface area contributed by atoms with Gasteiger partial charge in [-0.3, -0.25) is 4.98 Å². The number of nitrogens with zero attached hydrogens (tertiary/aromatic N) is 2. The number of para-hydroxylation sites is 2. The number of rotatable bonds is 6. The molecule has 0 aliphatic rings. The molecule has 0 saturated carbocycles. The van der Waals surface area contributed by atoms with Gasteiger partial charge in [0.05, 0.1) is 11.4 Å². The minimum Gasteiger partial charge on any atom is -0.455 e. The van der Waals surface area contributed by atoms with Crippen LogP contribution < -0.4 is 0 Å². The number of aromatic nitrogens is 2. The SMILES string of the molecule is c1ccc(-c2cc(-c3cc(-c4cccnc4)cc(-c4cccc5c4oc4c(-c6ccccc6)cccc45)c3)cc(-c3ccccc3)n2)cc1. The van der Waals surface area contributed by atoms with Crippen molar-refractivity contribution >= 4 is 21.9 Å². The predicted molar refractivity (Wildman–Crippen MR) is 202 cm³/mol. The largest absolute Gasteiger partial charge is 0.455 e. The molecule has 230 valence electrons. The van der Waals surface area contributed by atoms with Gasteiger partial charge in [-0.15, -0.1) is 0 Å². The first kappa shape index (κ1) is 28.6. The van der Waals surface area contributed by atoms with E-state index in [-0.39, 0.29) is 0 Å². The summed E-state index contributed by atoms with van der Waals surface area (Å²) >= 11 is 0. The lowest BCUT2D eigenvalue weighted by atomic mass is 9.92. The first-order chi connectivity index (χ1) is 24.3. The third-order valence-corrected chi connectivity index (χ3v) is 9.15. The molecule has 0 spiro atoms. The van der Waals surface area contributed by atoms with Crippen molar-refractivity contribution < 1.29 is 4.42 Å². The summed E-state index contributed by atoms with van der Waals surface area (Å²) in [6, 6.07) is 59.4. The fourth-order valence-electron chi connectivity index (χ4n) is 6.75. The van der Waals surface area contributed by atoms with E-state index in [2.05, 4.69) is 151 Å². The van der Waals surface area contributed by atoms with Gasteiger partial charge in [0.25, 0.3) is 0 Å². The van der Waals surface area contributed by atoms with Crippen LogP contribution in [0.1, 0.15) is 0 Å². The van der Waals surface area contributed by atoms with E-state index in [0.29, 0.717) is 0 Å². The van der Waals surface area contributed by atoms with E-state index in [4.69, 9.17) is 9.40 Å². The molecule has 0 aliphatic heterocycles. The highest BCUT2D eigenvalue weighted by atomic mass is 16.3. The Bertz CT molecular complexity index is 2520. The highest BCUT2D eigenvalue weighted by molar-refractivity contribution is 6.13. The third kappa shape index (κ3) is 5.38. The van der Waals surface area contributed by atoms with Crippen molar-refractivity contribution in [2.45, 2.75) is 0 Å². The van der Waals surface area contributed by atoms with Gasteiger partial charge in [0.15, 0.2) is 0 Å². The molecule has 3 heteroatoms. The van der Waals surface area contributed by atoms with Crippen molar-refractivity contribution in [1.29, 1.82) is 0 Å². The number of fused-ring (bicyclic) bond motifs is 3. The maximum atomic E-state index is 6.85. The summed E-state index contributed by atoms with van der Waals surface area (Å²) in [6.45, 7) is 0. The Morgan fingerprint density at radius 1 is 0.347 bits per heavy atom. The molecule has 0 aliphatic carbocycles. The van der Waals surface area contributed by atoms with Crippen molar-refractivity contribution in [3.8, 4) is 67.0 Å². The Morgan fingerprint density at radius 3 is 1.37 bits per heavy atom. The summed E-state index contributed by atoms with van der Waals surface area (Å²) in [4.78, 5) is 9.60. The van der Waals surface area contributed by atoms with Crippen LogP contribution >= 0.6 is 0 Å². The van der Waals surface area contributed by atoms with E-state index in [1.807, 2.05) is 36.7 Å². The fourth-order valence-corrected chi connectivity index (χ4v) is 6.75.